The smallest absolute Gasteiger partial charge is 0.264 e. The Morgan fingerprint density at radius 1 is 0.944 bits per heavy atom. The maximum Gasteiger partial charge on any atom is 0.264 e. The van der Waals surface area contributed by atoms with Crippen LogP contribution in [0, 0.1) is 0 Å². The van der Waals surface area contributed by atoms with E-state index in [4.69, 9.17) is 4.74 Å². The fourth-order valence-electron chi connectivity index (χ4n) is 4.33. The molecular weight excluding hydrogens is 474 g/mol. The van der Waals surface area contributed by atoms with E-state index in [0.29, 0.717) is 24.6 Å². The van der Waals surface area contributed by atoms with E-state index in [9.17, 15) is 13.2 Å². The van der Waals surface area contributed by atoms with Crippen LogP contribution in [-0.2, 0) is 27.9 Å². The molecule has 1 aliphatic heterocycles. The first-order valence-corrected chi connectivity index (χ1v) is 13.8. The average molecular weight is 508 g/mol. The molecule has 1 heterocycles. The molecule has 190 valence electrons. The predicted octanol–water partition coefficient (Wildman–Crippen LogP) is 4.19. The second-order valence-corrected chi connectivity index (χ2v) is 10.7. The van der Waals surface area contributed by atoms with Crippen molar-refractivity contribution in [1.29, 1.82) is 0 Å². The zero-order chi connectivity index (χ0) is 25.4. The molecule has 0 spiro atoms. The first-order chi connectivity index (χ1) is 17.5. The molecule has 0 unspecified atom stereocenters. The zero-order valence-corrected chi connectivity index (χ0v) is 21.4. The second-order valence-electron chi connectivity index (χ2n) is 8.83. The molecule has 0 aliphatic carbocycles. The molecule has 3 aromatic carbocycles. The van der Waals surface area contributed by atoms with Gasteiger partial charge in [0.1, 0.15) is 12.3 Å². The van der Waals surface area contributed by atoms with Crippen molar-refractivity contribution in [2.45, 2.75) is 37.8 Å². The third kappa shape index (κ3) is 6.65. The molecule has 0 aromatic heterocycles. The summed E-state index contributed by atoms with van der Waals surface area (Å²) in [5, 5.41) is 2.89. The molecule has 1 fully saturated rings. The van der Waals surface area contributed by atoms with Crippen molar-refractivity contribution < 1.29 is 17.9 Å². The van der Waals surface area contributed by atoms with E-state index in [-0.39, 0.29) is 17.3 Å². The minimum atomic E-state index is -3.97. The largest absolute Gasteiger partial charge is 0.494 e. The first kappa shape index (κ1) is 25.7. The van der Waals surface area contributed by atoms with Crippen LogP contribution < -0.4 is 14.4 Å². The van der Waals surface area contributed by atoms with Gasteiger partial charge in [-0.3, -0.25) is 14.0 Å². The number of likely N-dealkylation sites (tertiary alicyclic amines) is 1. The minimum Gasteiger partial charge on any atom is -0.494 e. The lowest BCUT2D eigenvalue weighted by atomic mass is 10.1. The van der Waals surface area contributed by atoms with Crippen molar-refractivity contribution in [2.75, 3.05) is 30.5 Å². The normalized spacial score (nSPS) is 13.9. The SMILES string of the molecule is CCOc1ccc(S(=O)(=O)N(CC(=O)NCc2cccc(CN3CCCC3)c2)c2ccccc2)cc1. The third-order valence-corrected chi connectivity index (χ3v) is 7.93. The predicted molar refractivity (Wildman–Crippen MR) is 141 cm³/mol. The highest BCUT2D eigenvalue weighted by Crippen LogP contribution is 2.25. The van der Waals surface area contributed by atoms with Crippen LogP contribution in [0.15, 0.2) is 83.8 Å². The number of anilines is 1. The Hall–Kier alpha value is -3.36. The van der Waals surface area contributed by atoms with Gasteiger partial charge in [-0.2, -0.15) is 0 Å². The van der Waals surface area contributed by atoms with E-state index >= 15 is 0 Å². The van der Waals surface area contributed by atoms with Gasteiger partial charge < -0.3 is 10.1 Å². The Morgan fingerprint density at radius 3 is 2.33 bits per heavy atom. The average Bonchev–Trinajstić information content (AvgIpc) is 3.40. The summed E-state index contributed by atoms with van der Waals surface area (Å²) >= 11 is 0. The summed E-state index contributed by atoms with van der Waals surface area (Å²) in [6.07, 6.45) is 2.49. The van der Waals surface area contributed by atoms with Crippen molar-refractivity contribution in [3.8, 4) is 5.75 Å². The van der Waals surface area contributed by atoms with Gasteiger partial charge in [-0.05, 0) is 80.4 Å². The molecule has 7 nitrogen and oxygen atoms in total. The van der Waals surface area contributed by atoms with Crippen LogP contribution in [-0.4, -0.2) is 45.5 Å². The number of hydrogen-bond acceptors (Lipinski definition) is 5. The van der Waals surface area contributed by atoms with Gasteiger partial charge in [0.05, 0.1) is 17.2 Å². The van der Waals surface area contributed by atoms with Crippen LogP contribution in [0.25, 0.3) is 0 Å². The van der Waals surface area contributed by atoms with Gasteiger partial charge in [0.2, 0.25) is 5.91 Å². The molecule has 3 aromatic rings. The number of benzene rings is 3. The molecule has 1 N–H and O–H groups in total. The van der Waals surface area contributed by atoms with Gasteiger partial charge in [-0.1, -0.05) is 42.5 Å². The van der Waals surface area contributed by atoms with Crippen LogP contribution in [0.1, 0.15) is 30.9 Å². The van der Waals surface area contributed by atoms with Crippen LogP contribution >= 0.6 is 0 Å². The molecule has 4 rings (SSSR count). The van der Waals surface area contributed by atoms with Crippen LogP contribution in [0.5, 0.6) is 5.75 Å². The topological polar surface area (TPSA) is 79.0 Å². The summed E-state index contributed by atoms with van der Waals surface area (Å²) in [4.78, 5) is 15.5. The number of amides is 1. The van der Waals surface area contributed by atoms with Crippen LogP contribution in [0.4, 0.5) is 5.69 Å². The Balaban J connectivity index is 1.46. The van der Waals surface area contributed by atoms with Crippen LogP contribution in [0.2, 0.25) is 0 Å². The number of sulfonamides is 1. The highest BCUT2D eigenvalue weighted by molar-refractivity contribution is 7.92. The van der Waals surface area contributed by atoms with Crippen molar-refractivity contribution >= 4 is 21.6 Å². The van der Waals surface area contributed by atoms with Gasteiger partial charge in [0.15, 0.2) is 0 Å². The molecule has 0 saturated carbocycles. The van der Waals surface area contributed by atoms with Gasteiger partial charge in [0.25, 0.3) is 10.0 Å². The van der Waals surface area contributed by atoms with E-state index in [0.717, 1.165) is 29.5 Å². The number of carbonyl (C=O) groups excluding carboxylic acids is 1. The molecule has 0 bridgehead atoms. The summed E-state index contributed by atoms with van der Waals surface area (Å²) in [5.41, 5.74) is 2.63. The summed E-state index contributed by atoms with van der Waals surface area (Å²) in [5.74, 6) is 0.214. The maximum absolute atomic E-state index is 13.5. The first-order valence-electron chi connectivity index (χ1n) is 12.3. The van der Waals surface area contributed by atoms with Crippen LogP contribution in [0.3, 0.4) is 0 Å². The molecule has 8 heteroatoms. The minimum absolute atomic E-state index is 0.0946. The number of hydrogen-bond donors (Lipinski definition) is 1. The summed E-state index contributed by atoms with van der Waals surface area (Å²) in [6, 6.07) is 23.1. The monoisotopic (exact) mass is 507 g/mol. The molecule has 1 aliphatic rings. The molecule has 1 amide bonds. The molecule has 0 radical (unpaired) electrons. The highest BCUT2D eigenvalue weighted by Gasteiger charge is 2.27. The lowest BCUT2D eigenvalue weighted by Crippen LogP contribution is -2.40. The highest BCUT2D eigenvalue weighted by atomic mass is 32.2. The maximum atomic E-state index is 13.5. The Morgan fingerprint density at radius 2 is 1.64 bits per heavy atom. The van der Waals surface area contributed by atoms with E-state index in [1.165, 1.54) is 30.5 Å². The number of ether oxygens (including phenoxy) is 1. The van der Waals surface area contributed by atoms with Crippen molar-refractivity contribution in [3.05, 3.63) is 90.0 Å². The number of nitrogens with zero attached hydrogens (tertiary/aromatic N) is 2. The van der Waals surface area contributed by atoms with E-state index in [1.807, 2.05) is 19.1 Å². The second kappa shape index (κ2) is 12.1. The fraction of sp³-hybridized carbons (Fsp3) is 0.321. The lowest BCUT2D eigenvalue weighted by Gasteiger charge is -2.24. The molecule has 36 heavy (non-hydrogen) atoms. The van der Waals surface area contributed by atoms with Gasteiger partial charge in [0, 0.05) is 13.1 Å². The zero-order valence-electron chi connectivity index (χ0n) is 20.6. The van der Waals surface area contributed by atoms with Gasteiger partial charge >= 0.3 is 0 Å². The fourth-order valence-corrected chi connectivity index (χ4v) is 5.76. The quantitative estimate of drug-likeness (QED) is 0.421. The summed E-state index contributed by atoms with van der Waals surface area (Å²) in [7, 11) is -3.97. The van der Waals surface area contributed by atoms with E-state index in [2.05, 4.69) is 22.3 Å². The number of carbonyl (C=O) groups is 1. The van der Waals surface area contributed by atoms with Crippen molar-refractivity contribution in [3.63, 3.8) is 0 Å². The number of rotatable bonds is 11. The lowest BCUT2D eigenvalue weighted by molar-refractivity contribution is -0.119. The summed E-state index contributed by atoms with van der Waals surface area (Å²) in [6.45, 7) is 5.52. The van der Waals surface area contributed by atoms with Gasteiger partial charge in [-0.25, -0.2) is 8.42 Å². The van der Waals surface area contributed by atoms with Gasteiger partial charge in [-0.15, -0.1) is 0 Å². The van der Waals surface area contributed by atoms with Crippen molar-refractivity contribution in [2.24, 2.45) is 0 Å². The molecule has 0 atom stereocenters. The molecule has 1 saturated heterocycles. The van der Waals surface area contributed by atoms with E-state index in [1.54, 1.807) is 42.5 Å². The summed E-state index contributed by atoms with van der Waals surface area (Å²) < 4.78 is 33.6. The standard InChI is InChI=1S/C28H33N3O4S/c1-2-35-26-13-15-27(16-14-26)36(33,34)31(25-11-4-3-5-12-25)22-28(32)29-20-23-9-8-10-24(19-23)21-30-17-6-7-18-30/h3-5,8-16,19H,2,6-7,17-18,20-22H2,1H3,(H,29,32). The Bertz CT molecular complexity index is 1240. The Labute approximate surface area is 213 Å². The van der Waals surface area contributed by atoms with E-state index < -0.39 is 10.0 Å². The van der Waals surface area contributed by atoms with Crippen molar-refractivity contribution in [1.82, 2.24) is 10.2 Å². The number of nitrogens with one attached hydrogen (secondary N) is 1. The Kier molecular flexibility index (Phi) is 8.61. The molecular formula is C28H33N3O4S. The third-order valence-electron chi connectivity index (χ3n) is 6.14. The number of para-hydroxylation sites is 1.